The minimum atomic E-state index is -0.570. The van der Waals surface area contributed by atoms with Gasteiger partial charge < -0.3 is 11.1 Å². The second kappa shape index (κ2) is 5.07. The Kier molecular flexibility index (Phi) is 4.17. The van der Waals surface area contributed by atoms with E-state index in [-0.39, 0.29) is 11.3 Å². The minimum Gasteiger partial charge on any atom is -0.323 e. The smallest absolute Gasteiger partial charge is 0.241 e. The van der Waals surface area contributed by atoms with Crippen molar-refractivity contribution in [2.45, 2.75) is 33.7 Å². The highest BCUT2D eigenvalue weighted by atomic mass is 35.5. The molecule has 0 radical (unpaired) electrons. The van der Waals surface area contributed by atoms with Gasteiger partial charge in [-0.1, -0.05) is 38.4 Å². The predicted molar refractivity (Wildman–Crippen MR) is 72.2 cm³/mol. The van der Waals surface area contributed by atoms with Gasteiger partial charge in [0.1, 0.15) is 0 Å². The fraction of sp³-hybridized carbons (Fsp3) is 0.462. The first kappa shape index (κ1) is 14.0. The van der Waals surface area contributed by atoms with Gasteiger partial charge in [-0.3, -0.25) is 4.79 Å². The zero-order valence-corrected chi connectivity index (χ0v) is 11.4. The summed E-state index contributed by atoms with van der Waals surface area (Å²) in [6.07, 6.45) is 0. The fourth-order valence-electron chi connectivity index (χ4n) is 1.34. The molecule has 0 aromatic heterocycles. The van der Waals surface area contributed by atoms with Crippen molar-refractivity contribution in [2.24, 2.45) is 11.1 Å². The van der Waals surface area contributed by atoms with E-state index in [0.717, 1.165) is 5.56 Å². The molecule has 1 atom stereocenters. The number of hydrogen-bond donors (Lipinski definition) is 2. The number of nitrogens with one attached hydrogen (secondary N) is 1. The molecule has 0 saturated carbocycles. The molecular formula is C13H19ClN2O. The van der Waals surface area contributed by atoms with Gasteiger partial charge in [0.25, 0.3) is 0 Å². The quantitative estimate of drug-likeness (QED) is 0.853. The zero-order valence-electron chi connectivity index (χ0n) is 10.7. The summed E-state index contributed by atoms with van der Waals surface area (Å²) in [5, 5.41) is 3.28. The van der Waals surface area contributed by atoms with E-state index in [1.165, 1.54) is 0 Å². The molecule has 0 fully saturated rings. The third kappa shape index (κ3) is 3.72. The Morgan fingerprint density at radius 3 is 2.53 bits per heavy atom. The van der Waals surface area contributed by atoms with Crippen molar-refractivity contribution in [3.05, 3.63) is 28.8 Å². The van der Waals surface area contributed by atoms with Crippen molar-refractivity contribution in [1.29, 1.82) is 0 Å². The van der Waals surface area contributed by atoms with E-state index >= 15 is 0 Å². The molecule has 3 N–H and O–H groups in total. The summed E-state index contributed by atoms with van der Waals surface area (Å²) in [5.74, 6) is -0.218. The van der Waals surface area contributed by atoms with Crippen LogP contribution in [0.1, 0.15) is 26.3 Å². The first-order valence-electron chi connectivity index (χ1n) is 5.54. The second-order valence-electron chi connectivity index (χ2n) is 5.32. The Hall–Kier alpha value is -1.06. The number of carbonyl (C=O) groups excluding carboxylic acids is 1. The summed E-state index contributed by atoms with van der Waals surface area (Å²) in [5.41, 5.74) is 7.24. The summed E-state index contributed by atoms with van der Waals surface area (Å²) in [7, 11) is 0. The van der Waals surface area contributed by atoms with Gasteiger partial charge in [0.05, 0.1) is 16.8 Å². The molecule has 1 aromatic rings. The average molecular weight is 255 g/mol. The molecule has 4 heteroatoms. The molecule has 1 rings (SSSR count). The molecule has 0 unspecified atom stereocenters. The standard InChI is InChI=1S/C13H19ClN2O/c1-8-5-6-9(14)10(7-8)16-12(17)11(15)13(2,3)4/h5-7,11H,15H2,1-4H3,(H,16,17)/t11-/m0/s1. The first-order valence-corrected chi connectivity index (χ1v) is 5.92. The number of nitrogens with two attached hydrogens (primary N) is 1. The largest absolute Gasteiger partial charge is 0.323 e. The lowest BCUT2D eigenvalue weighted by Crippen LogP contribution is -2.45. The maximum Gasteiger partial charge on any atom is 0.241 e. The van der Waals surface area contributed by atoms with Crippen molar-refractivity contribution in [3.8, 4) is 0 Å². The third-order valence-electron chi connectivity index (χ3n) is 2.60. The number of benzene rings is 1. The SMILES string of the molecule is Cc1ccc(Cl)c(NC(=O)[C@H](N)C(C)(C)C)c1. The molecule has 94 valence electrons. The van der Waals surface area contributed by atoms with E-state index in [4.69, 9.17) is 17.3 Å². The van der Waals surface area contributed by atoms with E-state index in [0.29, 0.717) is 10.7 Å². The number of hydrogen-bond acceptors (Lipinski definition) is 2. The Labute approximate surface area is 107 Å². The van der Waals surface area contributed by atoms with Gasteiger partial charge >= 0.3 is 0 Å². The van der Waals surface area contributed by atoms with E-state index in [1.807, 2.05) is 39.8 Å². The molecule has 0 heterocycles. The maximum atomic E-state index is 11.9. The van der Waals surface area contributed by atoms with E-state index in [1.54, 1.807) is 6.07 Å². The van der Waals surface area contributed by atoms with Crippen molar-refractivity contribution in [2.75, 3.05) is 5.32 Å². The van der Waals surface area contributed by atoms with Crippen LogP contribution in [-0.4, -0.2) is 11.9 Å². The lowest BCUT2D eigenvalue weighted by molar-refractivity contribution is -0.119. The van der Waals surface area contributed by atoms with Crippen LogP contribution in [0.4, 0.5) is 5.69 Å². The normalized spacial score (nSPS) is 13.3. The van der Waals surface area contributed by atoms with Crippen molar-refractivity contribution in [1.82, 2.24) is 0 Å². The van der Waals surface area contributed by atoms with E-state index < -0.39 is 6.04 Å². The molecule has 0 saturated heterocycles. The van der Waals surface area contributed by atoms with Crippen molar-refractivity contribution in [3.63, 3.8) is 0 Å². The van der Waals surface area contributed by atoms with Crippen LogP contribution in [-0.2, 0) is 4.79 Å². The minimum absolute atomic E-state index is 0.218. The predicted octanol–water partition coefficient (Wildman–Crippen LogP) is 2.96. The summed E-state index contributed by atoms with van der Waals surface area (Å²) in [6.45, 7) is 7.72. The fourth-order valence-corrected chi connectivity index (χ4v) is 1.50. The van der Waals surface area contributed by atoms with Gasteiger partial charge in [-0.15, -0.1) is 0 Å². The lowest BCUT2D eigenvalue weighted by Gasteiger charge is -2.26. The average Bonchev–Trinajstić information content (AvgIpc) is 2.21. The molecular weight excluding hydrogens is 236 g/mol. The first-order chi connectivity index (χ1) is 7.71. The molecule has 17 heavy (non-hydrogen) atoms. The molecule has 0 spiro atoms. The Bertz CT molecular complexity index is 424. The van der Waals surface area contributed by atoms with Crippen LogP contribution in [0.5, 0.6) is 0 Å². The topological polar surface area (TPSA) is 55.1 Å². The number of rotatable bonds is 2. The van der Waals surface area contributed by atoms with Crippen LogP contribution in [0.25, 0.3) is 0 Å². The number of carbonyl (C=O) groups is 1. The Morgan fingerprint density at radius 2 is 2.00 bits per heavy atom. The van der Waals surface area contributed by atoms with Gasteiger partial charge in [0.15, 0.2) is 0 Å². The molecule has 1 aromatic carbocycles. The summed E-state index contributed by atoms with van der Waals surface area (Å²) in [6, 6.07) is 4.91. The monoisotopic (exact) mass is 254 g/mol. The highest BCUT2D eigenvalue weighted by molar-refractivity contribution is 6.33. The zero-order chi connectivity index (χ0) is 13.2. The second-order valence-corrected chi connectivity index (χ2v) is 5.72. The Balaban J connectivity index is 2.85. The third-order valence-corrected chi connectivity index (χ3v) is 2.92. The van der Waals surface area contributed by atoms with Crippen molar-refractivity contribution < 1.29 is 4.79 Å². The van der Waals surface area contributed by atoms with Crippen LogP contribution < -0.4 is 11.1 Å². The molecule has 0 bridgehead atoms. The highest BCUT2D eigenvalue weighted by Crippen LogP contribution is 2.24. The summed E-state index contributed by atoms with van der Waals surface area (Å²) in [4.78, 5) is 11.9. The van der Waals surface area contributed by atoms with E-state index in [9.17, 15) is 4.79 Å². The number of amides is 1. The van der Waals surface area contributed by atoms with Crippen LogP contribution in [0.3, 0.4) is 0 Å². The molecule has 0 aliphatic heterocycles. The van der Waals surface area contributed by atoms with Gasteiger partial charge in [-0.2, -0.15) is 0 Å². The number of halogens is 1. The molecule has 0 aliphatic rings. The van der Waals surface area contributed by atoms with E-state index in [2.05, 4.69) is 5.32 Å². The molecule has 0 aliphatic carbocycles. The van der Waals surface area contributed by atoms with Crippen LogP contribution in [0.15, 0.2) is 18.2 Å². The molecule has 3 nitrogen and oxygen atoms in total. The lowest BCUT2D eigenvalue weighted by atomic mass is 9.87. The van der Waals surface area contributed by atoms with Gasteiger partial charge in [0, 0.05) is 0 Å². The Morgan fingerprint density at radius 1 is 1.41 bits per heavy atom. The van der Waals surface area contributed by atoms with Gasteiger partial charge in [-0.25, -0.2) is 0 Å². The van der Waals surface area contributed by atoms with Gasteiger partial charge in [-0.05, 0) is 30.0 Å². The van der Waals surface area contributed by atoms with Crippen molar-refractivity contribution >= 4 is 23.2 Å². The highest BCUT2D eigenvalue weighted by Gasteiger charge is 2.27. The number of anilines is 1. The molecule has 1 amide bonds. The van der Waals surface area contributed by atoms with Crippen LogP contribution in [0.2, 0.25) is 5.02 Å². The van der Waals surface area contributed by atoms with Crippen LogP contribution >= 0.6 is 11.6 Å². The summed E-state index contributed by atoms with van der Waals surface area (Å²) >= 11 is 6.00. The number of aryl methyl sites for hydroxylation is 1. The van der Waals surface area contributed by atoms with Gasteiger partial charge in [0.2, 0.25) is 5.91 Å². The van der Waals surface area contributed by atoms with Crippen LogP contribution in [0, 0.1) is 12.3 Å². The summed E-state index contributed by atoms with van der Waals surface area (Å²) < 4.78 is 0. The maximum absolute atomic E-state index is 11.9.